The SMILES string of the molecule is CC(Cc1ccccc1Cl)NCc1ccc(Br)s1. The minimum Gasteiger partial charge on any atom is -0.309 e. The summed E-state index contributed by atoms with van der Waals surface area (Å²) in [4.78, 5) is 1.34. The fraction of sp³-hybridized carbons (Fsp3) is 0.286. The van der Waals surface area contributed by atoms with E-state index < -0.39 is 0 Å². The summed E-state index contributed by atoms with van der Waals surface area (Å²) in [6, 6.07) is 12.7. The van der Waals surface area contributed by atoms with Crippen molar-refractivity contribution < 1.29 is 0 Å². The number of halogens is 2. The molecule has 1 N–H and O–H groups in total. The molecule has 1 aromatic carbocycles. The number of thiophene rings is 1. The van der Waals surface area contributed by atoms with Gasteiger partial charge in [-0.2, -0.15) is 0 Å². The van der Waals surface area contributed by atoms with Crippen LogP contribution in [-0.4, -0.2) is 6.04 Å². The summed E-state index contributed by atoms with van der Waals surface area (Å²) in [5.74, 6) is 0. The summed E-state index contributed by atoms with van der Waals surface area (Å²) in [6.45, 7) is 3.09. The number of hydrogen-bond acceptors (Lipinski definition) is 2. The molecular formula is C14H15BrClNS. The molecule has 0 aliphatic carbocycles. The number of rotatable bonds is 5. The molecular weight excluding hydrogens is 330 g/mol. The van der Waals surface area contributed by atoms with Crippen LogP contribution in [0.25, 0.3) is 0 Å². The van der Waals surface area contributed by atoms with E-state index in [4.69, 9.17) is 11.6 Å². The predicted octanol–water partition coefficient (Wildman–Crippen LogP) is 4.88. The second-order valence-electron chi connectivity index (χ2n) is 4.28. The van der Waals surface area contributed by atoms with Crippen LogP contribution < -0.4 is 5.32 Å². The van der Waals surface area contributed by atoms with Crippen LogP contribution in [0.4, 0.5) is 0 Å². The fourth-order valence-corrected chi connectivity index (χ4v) is 3.43. The van der Waals surface area contributed by atoms with E-state index in [2.05, 4.69) is 46.4 Å². The van der Waals surface area contributed by atoms with Crippen LogP contribution in [0.2, 0.25) is 5.02 Å². The summed E-state index contributed by atoms with van der Waals surface area (Å²) >= 11 is 11.4. The monoisotopic (exact) mass is 343 g/mol. The van der Waals surface area contributed by atoms with Crippen LogP contribution in [0.1, 0.15) is 17.4 Å². The lowest BCUT2D eigenvalue weighted by molar-refractivity contribution is 0.549. The maximum atomic E-state index is 6.16. The highest BCUT2D eigenvalue weighted by atomic mass is 79.9. The molecule has 96 valence electrons. The first-order chi connectivity index (χ1) is 8.65. The van der Waals surface area contributed by atoms with Gasteiger partial charge in [-0.05, 0) is 53.0 Å². The zero-order valence-corrected chi connectivity index (χ0v) is 13.3. The second kappa shape index (κ2) is 6.71. The second-order valence-corrected chi connectivity index (χ2v) is 7.24. The molecule has 0 aliphatic heterocycles. The van der Waals surface area contributed by atoms with Crippen molar-refractivity contribution in [3.8, 4) is 0 Å². The van der Waals surface area contributed by atoms with E-state index in [0.717, 1.165) is 18.0 Å². The Labute approximate surface area is 125 Å². The Morgan fingerprint density at radius 2 is 2.06 bits per heavy atom. The zero-order chi connectivity index (χ0) is 13.0. The van der Waals surface area contributed by atoms with Crippen LogP contribution in [-0.2, 0) is 13.0 Å². The first kappa shape index (κ1) is 14.1. The highest BCUT2D eigenvalue weighted by Gasteiger charge is 2.06. The molecule has 0 spiro atoms. The van der Waals surface area contributed by atoms with Gasteiger partial charge in [-0.15, -0.1) is 11.3 Å². The quantitative estimate of drug-likeness (QED) is 0.814. The molecule has 0 saturated heterocycles. The minimum atomic E-state index is 0.408. The number of nitrogens with one attached hydrogen (secondary N) is 1. The third kappa shape index (κ3) is 4.09. The van der Waals surface area contributed by atoms with Crippen LogP contribution in [0.15, 0.2) is 40.2 Å². The molecule has 0 amide bonds. The van der Waals surface area contributed by atoms with Crippen molar-refractivity contribution in [2.24, 2.45) is 0 Å². The molecule has 1 unspecified atom stereocenters. The van der Waals surface area contributed by atoms with E-state index >= 15 is 0 Å². The van der Waals surface area contributed by atoms with Crippen molar-refractivity contribution in [1.29, 1.82) is 0 Å². The summed E-state index contributed by atoms with van der Waals surface area (Å²) in [5, 5.41) is 4.37. The maximum Gasteiger partial charge on any atom is 0.0701 e. The number of hydrogen-bond donors (Lipinski definition) is 1. The van der Waals surface area contributed by atoms with Gasteiger partial charge < -0.3 is 5.32 Å². The van der Waals surface area contributed by atoms with E-state index in [1.54, 1.807) is 11.3 Å². The van der Waals surface area contributed by atoms with Crippen LogP contribution in [0.3, 0.4) is 0 Å². The van der Waals surface area contributed by atoms with Gasteiger partial charge in [0.05, 0.1) is 3.79 Å². The molecule has 1 nitrogen and oxygen atoms in total. The summed E-state index contributed by atoms with van der Waals surface area (Å²) < 4.78 is 1.18. The number of benzene rings is 1. The van der Waals surface area contributed by atoms with Gasteiger partial charge in [0.1, 0.15) is 0 Å². The van der Waals surface area contributed by atoms with Gasteiger partial charge in [0.25, 0.3) is 0 Å². The highest BCUT2D eigenvalue weighted by molar-refractivity contribution is 9.11. The molecule has 4 heteroatoms. The lowest BCUT2D eigenvalue weighted by atomic mass is 10.1. The van der Waals surface area contributed by atoms with Gasteiger partial charge >= 0.3 is 0 Å². The topological polar surface area (TPSA) is 12.0 Å². The van der Waals surface area contributed by atoms with Crippen molar-refractivity contribution in [2.75, 3.05) is 0 Å². The Balaban J connectivity index is 1.85. The molecule has 2 aromatic rings. The Hall–Kier alpha value is -0.350. The fourth-order valence-electron chi connectivity index (χ4n) is 1.79. The standard InChI is InChI=1S/C14H15BrClNS/c1-10(8-11-4-2-3-5-13(11)16)17-9-12-6-7-14(15)18-12/h2-7,10,17H,8-9H2,1H3. The van der Waals surface area contributed by atoms with E-state index in [-0.39, 0.29) is 0 Å². The summed E-state index contributed by atoms with van der Waals surface area (Å²) in [7, 11) is 0. The van der Waals surface area contributed by atoms with Crippen molar-refractivity contribution in [1.82, 2.24) is 5.32 Å². The minimum absolute atomic E-state index is 0.408. The first-order valence-electron chi connectivity index (χ1n) is 5.86. The molecule has 1 atom stereocenters. The van der Waals surface area contributed by atoms with Gasteiger partial charge in [-0.25, -0.2) is 0 Å². The third-order valence-electron chi connectivity index (χ3n) is 2.74. The molecule has 1 heterocycles. The Morgan fingerprint density at radius 1 is 1.28 bits per heavy atom. The lowest BCUT2D eigenvalue weighted by Crippen LogP contribution is -2.27. The lowest BCUT2D eigenvalue weighted by Gasteiger charge is -2.14. The Morgan fingerprint density at radius 3 is 2.72 bits per heavy atom. The van der Waals surface area contributed by atoms with E-state index in [1.165, 1.54) is 14.2 Å². The highest BCUT2D eigenvalue weighted by Crippen LogP contribution is 2.22. The largest absolute Gasteiger partial charge is 0.309 e. The van der Waals surface area contributed by atoms with E-state index in [9.17, 15) is 0 Å². The Bertz CT molecular complexity index is 512. The molecule has 2 rings (SSSR count). The smallest absolute Gasteiger partial charge is 0.0701 e. The van der Waals surface area contributed by atoms with Gasteiger partial charge in [-0.3, -0.25) is 0 Å². The Kier molecular flexibility index (Phi) is 5.25. The molecule has 0 bridgehead atoms. The van der Waals surface area contributed by atoms with E-state index in [1.807, 2.05) is 18.2 Å². The molecule has 0 saturated carbocycles. The van der Waals surface area contributed by atoms with E-state index in [0.29, 0.717) is 6.04 Å². The molecule has 0 fully saturated rings. The first-order valence-corrected chi connectivity index (χ1v) is 7.85. The maximum absolute atomic E-state index is 6.16. The molecule has 18 heavy (non-hydrogen) atoms. The molecule has 1 aromatic heterocycles. The van der Waals surface area contributed by atoms with Crippen LogP contribution in [0, 0.1) is 0 Å². The van der Waals surface area contributed by atoms with Gasteiger partial charge in [0, 0.05) is 22.5 Å². The molecule has 0 radical (unpaired) electrons. The predicted molar refractivity (Wildman–Crippen MR) is 83.5 cm³/mol. The van der Waals surface area contributed by atoms with Crippen LogP contribution >= 0.6 is 38.9 Å². The summed E-state index contributed by atoms with van der Waals surface area (Å²) in [6.07, 6.45) is 0.951. The normalized spacial score (nSPS) is 12.6. The van der Waals surface area contributed by atoms with Crippen LogP contribution in [0.5, 0.6) is 0 Å². The van der Waals surface area contributed by atoms with Crippen molar-refractivity contribution in [3.05, 3.63) is 55.6 Å². The molecule has 0 aliphatic rings. The average Bonchev–Trinajstić information content (AvgIpc) is 2.76. The van der Waals surface area contributed by atoms with Crippen molar-refractivity contribution in [3.63, 3.8) is 0 Å². The van der Waals surface area contributed by atoms with Gasteiger partial charge in [0.15, 0.2) is 0 Å². The zero-order valence-electron chi connectivity index (χ0n) is 10.1. The van der Waals surface area contributed by atoms with Gasteiger partial charge in [-0.1, -0.05) is 29.8 Å². The van der Waals surface area contributed by atoms with Crippen molar-refractivity contribution in [2.45, 2.75) is 25.9 Å². The third-order valence-corrected chi connectivity index (χ3v) is 4.73. The summed E-state index contributed by atoms with van der Waals surface area (Å²) in [5.41, 5.74) is 1.20. The van der Waals surface area contributed by atoms with Gasteiger partial charge in [0.2, 0.25) is 0 Å². The average molecular weight is 345 g/mol. The van der Waals surface area contributed by atoms with Crippen molar-refractivity contribution >= 4 is 38.9 Å².